The summed E-state index contributed by atoms with van der Waals surface area (Å²) in [7, 11) is 0. The Morgan fingerprint density at radius 1 is 0.905 bits per heavy atom. The molecule has 0 saturated carbocycles. The minimum absolute atomic E-state index is 0.0455. The molecule has 0 spiro atoms. The van der Waals surface area contributed by atoms with Gasteiger partial charge in [-0.05, 0) is 85.4 Å². The minimum Gasteiger partial charge on any atom is -0.448 e. The zero-order valence-corrected chi connectivity index (χ0v) is 26.3. The number of ether oxygens (including phenoxy) is 1. The van der Waals surface area contributed by atoms with E-state index in [2.05, 4.69) is 37.2 Å². The van der Waals surface area contributed by atoms with Crippen LogP contribution in [-0.2, 0) is 15.8 Å². The second kappa shape index (κ2) is 10.3. The number of halogens is 5. The van der Waals surface area contributed by atoms with Crippen molar-refractivity contribution >= 4 is 49.1 Å². The molecule has 0 bridgehead atoms. The van der Waals surface area contributed by atoms with Crippen LogP contribution in [-0.4, -0.2) is 16.5 Å². The highest BCUT2D eigenvalue weighted by molar-refractivity contribution is 9.11. The second-order valence-electron chi connectivity index (χ2n) is 12.6. The van der Waals surface area contributed by atoms with Crippen molar-refractivity contribution in [2.45, 2.75) is 65.5 Å². The van der Waals surface area contributed by atoms with E-state index < -0.39 is 28.3 Å². The Balaban J connectivity index is 1.61. The van der Waals surface area contributed by atoms with Crippen molar-refractivity contribution in [3.63, 3.8) is 0 Å². The second-order valence-corrected chi connectivity index (χ2v) is 14.3. The molecule has 12 heteroatoms. The number of carbonyl (C=O) groups is 2. The summed E-state index contributed by atoms with van der Waals surface area (Å²) >= 11 is 6.90. The van der Waals surface area contributed by atoms with E-state index in [1.807, 2.05) is 27.7 Å². The van der Waals surface area contributed by atoms with E-state index in [0.29, 0.717) is 63.5 Å². The monoisotopic (exact) mass is 710 g/mol. The highest BCUT2D eigenvalue weighted by atomic mass is 79.9. The topological polar surface area (TPSA) is 98.5 Å². The molecule has 222 valence electrons. The molecule has 0 aromatic heterocycles. The molecule has 2 aromatic carbocycles. The van der Waals surface area contributed by atoms with Crippen molar-refractivity contribution in [1.29, 1.82) is 0 Å². The molecule has 0 amide bonds. The zero-order chi connectivity index (χ0) is 30.9. The minimum atomic E-state index is -4.76. The first-order chi connectivity index (χ1) is 19.4. The molecule has 7 nitrogen and oxygen atoms in total. The van der Waals surface area contributed by atoms with Crippen LogP contribution in [0.3, 0.4) is 0 Å². The number of Topliss-reactive ketones (excluding diaryl/α,β-unsaturated/α-hetero) is 2. The number of hydrogen-bond donors (Lipinski definition) is 1. The summed E-state index contributed by atoms with van der Waals surface area (Å²) in [4.78, 5) is 37.8. The van der Waals surface area contributed by atoms with Crippen LogP contribution < -0.4 is 10.1 Å². The van der Waals surface area contributed by atoms with E-state index in [1.54, 1.807) is 12.1 Å². The van der Waals surface area contributed by atoms with Crippen LogP contribution in [0.2, 0.25) is 0 Å². The van der Waals surface area contributed by atoms with Gasteiger partial charge >= 0.3 is 11.9 Å². The number of nitrogens with zero attached hydrogens (tertiary/aromatic N) is 1. The van der Waals surface area contributed by atoms with E-state index >= 15 is 0 Å². The van der Waals surface area contributed by atoms with Crippen molar-refractivity contribution in [3.05, 3.63) is 83.1 Å². The van der Waals surface area contributed by atoms with E-state index in [4.69, 9.17) is 4.74 Å². The Hall–Kier alpha value is -2.99. The molecular formula is C30H27Br2F3N2O5. The number of nitrogens with one attached hydrogen (secondary N) is 1. The Labute approximate surface area is 257 Å². The SMILES string of the molecule is CC1(C)CC(=O)C2=C(C1)NC1=C(C(=O)CC(C)(C)C1)C2c1cc(Br)c(Oc2ccc(C(F)(F)F)cc2[N+](=O)[O-])c(Br)c1. The number of benzene rings is 2. The van der Waals surface area contributed by atoms with E-state index in [-0.39, 0.29) is 33.9 Å². The maximum Gasteiger partial charge on any atom is 0.416 e. The highest BCUT2D eigenvalue weighted by Gasteiger charge is 2.46. The summed E-state index contributed by atoms with van der Waals surface area (Å²) in [6.07, 6.45) is -2.84. The van der Waals surface area contributed by atoms with Gasteiger partial charge in [-0.15, -0.1) is 0 Å². The van der Waals surface area contributed by atoms with Gasteiger partial charge in [0.2, 0.25) is 5.75 Å². The number of allylic oxidation sites excluding steroid dienone is 4. The Kier molecular flexibility index (Phi) is 7.49. The van der Waals surface area contributed by atoms with E-state index in [1.165, 1.54) is 0 Å². The molecule has 0 saturated heterocycles. The Bertz CT molecular complexity index is 1550. The van der Waals surface area contributed by atoms with Crippen molar-refractivity contribution < 1.29 is 32.4 Å². The summed E-state index contributed by atoms with van der Waals surface area (Å²) < 4.78 is 46.0. The lowest BCUT2D eigenvalue weighted by atomic mass is 9.64. The molecule has 3 aliphatic rings. The lowest BCUT2D eigenvalue weighted by Crippen LogP contribution is -2.42. The van der Waals surface area contributed by atoms with Gasteiger partial charge in [0.1, 0.15) is 0 Å². The smallest absolute Gasteiger partial charge is 0.416 e. The van der Waals surface area contributed by atoms with Crippen LogP contribution in [0.25, 0.3) is 0 Å². The predicted octanol–water partition coefficient (Wildman–Crippen LogP) is 8.90. The van der Waals surface area contributed by atoms with Gasteiger partial charge in [-0.25, -0.2) is 0 Å². The van der Waals surface area contributed by atoms with Gasteiger partial charge < -0.3 is 10.1 Å². The molecule has 2 aliphatic carbocycles. The summed E-state index contributed by atoms with van der Waals surface area (Å²) in [5.74, 6) is -1.02. The van der Waals surface area contributed by atoms with E-state index in [0.717, 1.165) is 17.5 Å². The first-order valence-electron chi connectivity index (χ1n) is 13.2. The fourth-order valence-corrected chi connectivity index (χ4v) is 7.48. The summed E-state index contributed by atoms with van der Waals surface area (Å²) in [6.45, 7) is 8.13. The number of nitro groups is 1. The van der Waals surface area contributed by atoms with E-state index in [9.17, 15) is 32.9 Å². The standard InChI is InChI=1S/C30H27Br2F3N2O5/c1-28(2)10-18-25(21(38)12-28)24(26-19(36-18)11-29(3,4)13-22(26)39)14-7-16(31)27(17(32)8-14)42-23-6-5-15(30(33,34)35)9-20(23)37(40)41/h5-9,24,36H,10-13H2,1-4H3. The molecule has 2 aromatic rings. The van der Waals surface area contributed by atoms with Crippen molar-refractivity contribution in [3.8, 4) is 11.5 Å². The number of ketones is 2. The van der Waals surface area contributed by atoms with Gasteiger partial charge in [0.25, 0.3) is 0 Å². The first kappa shape index (κ1) is 30.5. The number of hydrogen-bond acceptors (Lipinski definition) is 6. The van der Waals surface area contributed by atoms with Gasteiger partial charge in [-0.3, -0.25) is 19.7 Å². The number of dihydropyridines is 1. The zero-order valence-electron chi connectivity index (χ0n) is 23.2. The maximum atomic E-state index is 13.6. The first-order valence-corrected chi connectivity index (χ1v) is 14.8. The molecule has 0 fully saturated rings. The molecule has 0 atom stereocenters. The number of rotatable bonds is 4. The van der Waals surface area contributed by atoms with Gasteiger partial charge in [0.15, 0.2) is 17.3 Å². The van der Waals surface area contributed by atoms with Crippen molar-refractivity contribution in [2.75, 3.05) is 0 Å². The van der Waals surface area contributed by atoms with Crippen molar-refractivity contribution in [2.24, 2.45) is 10.8 Å². The molecular weight excluding hydrogens is 685 g/mol. The number of nitro benzene ring substituents is 1. The maximum absolute atomic E-state index is 13.6. The van der Waals surface area contributed by atoms with Gasteiger partial charge in [-0.2, -0.15) is 13.2 Å². The molecule has 1 N–H and O–H groups in total. The van der Waals surface area contributed by atoms with Crippen LogP contribution in [0.4, 0.5) is 18.9 Å². The fourth-order valence-electron chi connectivity index (χ4n) is 6.10. The van der Waals surface area contributed by atoms with Gasteiger partial charge in [0.05, 0.1) is 19.4 Å². The lowest BCUT2D eigenvalue weighted by Gasteiger charge is -2.44. The van der Waals surface area contributed by atoms with Crippen LogP contribution >= 0.6 is 31.9 Å². The third-order valence-corrected chi connectivity index (χ3v) is 8.95. The lowest BCUT2D eigenvalue weighted by molar-refractivity contribution is -0.385. The molecule has 42 heavy (non-hydrogen) atoms. The quantitative estimate of drug-likeness (QED) is 0.251. The van der Waals surface area contributed by atoms with Crippen LogP contribution in [0.5, 0.6) is 11.5 Å². The van der Waals surface area contributed by atoms with Crippen LogP contribution in [0, 0.1) is 20.9 Å². The summed E-state index contributed by atoms with van der Waals surface area (Å²) in [5.41, 5.74) is 0.807. The van der Waals surface area contributed by atoms with Crippen LogP contribution in [0.15, 0.2) is 61.8 Å². The Morgan fingerprint density at radius 2 is 1.40 bits per heavy atom. The molecule has 0 radical (unpaired) electrons. The normalized spacial score (nSPS) is 20.2. The largest absolute Gasteiger partial charge is 0.448 e. The third kappa shape index (κ3) is 5.67. The number of alkyl halides is 3. The van der Waals surface area contributed by atoms with Gasteiger partial charge in [0, 0.05) is 47.4 Å². The number of carbonyl (C=O) groups excluding carboxylic acids is 2. The molecule has 1 aliphatic heterocycles. The molecule has 1 heterocycles. The predicted molar refractivity (Wildman–Crippen MR) is 156 cm³/mol. The molecule has 0 unspecified atom stereocenters. The third-order valence-electron chi connectivity index (χ3n) is 7.77. The van der Waals surface area contributed by atoms with Crippen molar-refractivity contribution in [1.82, 2.24) is 5.32 Å². The summed E-state index contributed by atoms with van der Waals surface area (Å²) in [6, 6.07) is 5.40. The fraction of sp³-hybridized carbons (Fsp3) is 0.400. The van der Waals surface area contributed by atoms with Crippen LogP contribution in [0.1, 0.15) is 70.4 Å². The summed E-state index contributed by atoms with van der Waals surface area (Å²) in [5, 5.41) is 15.1. The average Bonchev–Trinajstić information content (AvgIpc) is 2.82. The highest BCUT2D eigenvalue weighted by Crippen LogP contribution is 2.52. The molecule has 5 rings (SSSR count). The Morgan fingerprint density at radius 3 is 1.86 bits per heavy atom. The average molecular weight is 712 g/mol. The van der Waals surface area contributed by atoms with Gasteiger partial charge in [-0.1, -0.05) is 27.7 Å².